The number of ether oxygens (including phenoxy) is 1. The number of fused-ring (bicyclic) bond motifs is 1. The molecule has 2 heterocycles. The topological polar surface area (TPSA) is 103 Å². The Bertz CT molecular complexity index is 1330. The smallest absolute Gasteiger partial charge is 0.336 e. The lowest BCUT2D eigenvalue weighted by Crippen LogP contribution is -2.28. The van der Waals surface area contributed by atoms with Gasteiger partial charge in [0.1, 0.15) is 12.4 Å². The Kier molecular flexibility index (Phi) is 7.73. The van der Waals surface area contributed by atoms with Crippen LogP contribution in [0.5, 0.6) is 0 Å². The van der Waals surface area contributed by atoms with Crippen molar-refractivity contribution in [2.45, 2.75) is 39.2 Å². The van der Waals surface area contributed by atoms with Crippen molar-refractivity contribution in [1.82, 2.24) is 14.7 Å². The van der Waals surface area contributed by atoms with Crippen molar-refractivity contribution in [2.24, 2.45) is 7.05 Å². The van der Waals surface area contributed by atoms with Crippen LogP contribution >= 0.6 is 0 Å². The average Bonchev–Trinajstić information content (AvgIpc) is 3.19. The van der Waals surface area contributed by atoms with Gasteiger partial charge in [-0.05, 0) is 25.5 Å². The second-order valence-corrected chi connectivity index (χ2v) is 9.70. The molecule has 194 valence electrons. The molecule has 0 fully saturated rings. The first-order chi connectivity index (χ1) is 17.7. The third-order valence-electron chi connectivity index (χ3n) is 6.61. The number of anilines is 1. The molecule has 37 heavy (non-hydrogen) atoms. The molecule has 0 amide bonds. The molecule has 0 saturated heterocycles. The third kappa shape index (κ3) is 5.41. The molecule has 0 spiro atoms. The Labute approximate surface area is 216 Å². The Morgan fingerprint density at radius 3 is 2.54 bits per heavy atom. The van der Waals surface area contributed by atoms with Gasteiger partial charge >= 0.3 is 5.97 Å². The van der Waals surface area contributed by atoms with E-state index in [9.17, 15) is 14.9 Å². The molecule has 0 aliphatic carbocycles. The molecule has 4 rings (SSSR count). The van der Waals surface area contributed by atoms with Crippen molar-refractivity contribution in [3.05, 3.63) is 98.4 Å². The predicted octanol–water partition coefficient (Wildman–Crippen LogP) is 4.96. The molecule has 9 heteroatoms. The number of hydrogen-bond donors (Lipinski definition) is 1. The second kappa shape index (κ2) is 11.0. The number of nitrogens with zero attached hydrogens (tertiary/aromatic N) is 4. The molecular weight excluding hydrogens is 470 g/mol. The van der Waals surface area contributed by atoms with E-state index >= 15 is 0 Å². The molecule has 2 aromatic carbocycles. The van der Waals surface area contributed by atoms with E-state index in [0.717, 1.165) is 23.6 Å². The maximum Gasteiger partial charge on any atom is 0.336 e. The summed E-state index contributed by atoms with van der Waals surface area (Å²) in [6.07, 6.45) is 0. The highest BCUT2D eigenvalue weighted by Crippen LogP contribution is 2.47. The van der Waals surface area contributed by atoms with Gasteiger partial charge < -0.3 is 10.1 Å². The fourth-order valence-corrected chi connectivity index (χ4v) is 4.85. The molecule has 9 nitrogen and oxygen atoms in total. The van der Waals surface area contributed by atoms with Crippen molar-refractivity contribution in [1.29, 1.82) is 0 Å². The first-order valence-corrected chi connectivity index (χ1v) is 12.4. The van der Waals surface area contributed by atoms with Crippen LogP contribution in [0.1, 0.15) is 55.0 Å². The molecule has 0 radical (unpaired) electrons. The van der Waals surface area contributed by atoms with Crippen molar-refractivity contribution in [3.8, 4) is 0 Å². The fourth-order valence-electron chi connectivity index (χ4n) is 4.85. The molecule has 1 atom stereocenters. The molecule has 1 N–H and O–H groups in total. The van der Waals surface area contributed by atoms with Crippen molar-refractivity contribution in [2.75, 3.05) is 25.5 Å². The van der Waals surface area contributed by atoms with Gasteiger partial charge in [0.15, 0.2) is 0 Å². The highest BCUT2D eigenvalue weighted by atomic mass is 16.6. The Morgan fingerprint density at radius 1 is 1.19 bits per heavy atom. The summed E-state index contributed by atoms with van der Waals surface area (Å²) in [4.78, 5) is 27.2. The van der Waals surface area contributed by atoms with Crippen LogP contribution in [0.3, 0.4) is 0 Å². The summed E-state index contributed by atoms with van der Waals surface area (Å²) < 4.78 is 7.49. The predicted molar refractivity (Wildman–Crippen MR) is 142 cm³/mol. The van der Waals surface area contributed by atoms with Crippen molar-refractivity contribution >= 4 is 17.5 Å². The number of benzene rings is 2. The zero-order chi connectivity index (χ0) is 26.7. The molecule has 1 unspecified atom stereocenters. The van der Waals surface area contributed by atoms with Crippen LogP contribution in [0.25, 0.3) is 0 Å². The minimum absolute atomic E-state index is 0.0420. The lowest BCUT2D eigenvalue weighted by molar-refractivity contribution is -0.385. The van der Waals surface area contributed by atoms with Gasteiger partial charge in [0, 0.05) is 43.0 Å². The first-order valence-electron chi connectivity index (χ1n) is 12.4. The number of carbonyl (C=O) groups is 1. The Morgan fingerprint density at radius 2 is 1.86 bits per heavy atom. The van der Waals surface area contributed by atoms with E-state index in [1.54, 1.807) is 29.8 Å². The van der Waals surface area contributed by atoms with E-state index in [1.165, 1.54) is 11.6 Å². The highest BCUT2D eigenvalue weighted by Gasteiger charge is 2.40. The molecule has 0 bridgehead atoms. The molecule has 1 aromatic heterocycles. The summed E-state index contributed by atoms with van der Waals surface area (Å²) in [7, 11) is 3.80. The van der Waals surface area contributed by atoms with Gasteiger partial charge in [-0.2, -0.15) is 5.10 Å². The monoisotopic (exact) mass is 503 g/mol. The summed E-state index contributed by atoms with van der Waals surface area (Å²) >= 11 is 0. The maximum atomic E-state index is 13.6. The van der Waals surface area contributed by atoms with E-state index in [1.807, 2.05) is 46.1 Å². The molecule has 1 aliphatic heterocycles. The van der Waals surface area contributed by atoms with Gasteiger partial charge in [-0.25, -0.2) is 4.79 Å². The number of allylic oxidation sites excluding steroid dienone is 1. The molecule has 3 aromatic rings. The van der Waals surface area contributed by atoms with E-state index in [0.29, 0.717) is 23.4 Å². The minimum atomic E-state index is -0.682. The number of aryl methyl sites for hydroxylation is 1. The van der Waals surface area contributed by atoms with Crippen molar-refractivity contribution in [3.63, 3.8) is 0 Å². The van der Waals surface area contributed by atoms with E-state index in [2.05, 4.69) is 22.3 Å². The van der Waals surface area contributed by atoms with Gasteiger partial charge in [-0.1, -0.05) is 62.4 Å². The standard InChI is InChI=1S/C28H33N5O4/c1-18(2)26-25-24(21-13-9-10-14-22(21)33(35)36)23(19(3)29-27(25)32(5)30-26)28(34)37-16-15-31(4)17-20-11-7-6-8-12-20/h6-14,18,24,29H,15-17H2,1-5H3. The number of rotatable bonds is 9. The zero-order valence-corrected chi connectivity index (χ0v) is 21.9. The van der Waals surface area contributed by atoms with Crippen LogP contribution in [-0.2, 0) is 23.1 Å². The lowest BCUT2D eigenvalue weighted by atomic mass is 9.79. The molecular formula is C28H33N5O4. The number of para-hydroxylation sites is 1. The fraction of sp³-hybridized carbons (Fsp3) is 0.357. The first kappa shape index (κ1) is 26.1. The summed E-state index contributed by atoms with van der Waals surface area (Å²) in [5, 5.41) is 20.0. The number of carbonyl (C=O) groups excluding carboxylic acids is 1. The normalized spacial score (nSPS) is 15.1. The van der Waals surface area contributed by atoms with Crippen LogP contribution in [0.4, 0.5) is 11.5 Å². The van der Waals surface area contributed by atoms with Gasteiger partial charge in [0.05, 0.1) is 22.1 Å². The van der Waals surface area contributed by atoms with Gasteiger partial charge in [-0.3, -0.25) is 19.7 Å². The minimum Gasteiger partial charge on any atom is -0.461 e. The zero-order valence-electron chi connectivity index (χ0n) is 21.9. The largest absolute Gasteiger partial charge is 0.461 e. The highest BCUT2D eigenvalue weighted by molar-refractivity contribution is 5.95. The van der Waals surface area contributed by atoms with Gasteiger partial charge in [-0.15, -0.1) is 0 Å². The van der Waals surface area contributed by atoms with E-state index in [4.69, 9.17) is 9.84 Å². The Balaban J connectivity index is 1.65. The number of nitro benzene ring substituents is 1. The lowest BCUT2D eigenvalue weighted by Gasteiger charge is -2.29. The van der Waals surface area contributed by atoms with Crippen LogP contribution in [0.2, 0.25) is 0 Å². The second-order valence-electron chi connectivity index (χ2n) is 9.70. The quantitative estimate of drug-likeness (QED) is 0.250. The number of nitro groups is 1. The number of hydrogen-bond acceptors (Lipinski definition) is 7. The van der Waals surface area contributed by atoms with Crippen LogP contribution < -0.4 is 5.32 Å². The van der Waals surface area contributed by atoms with Gasteiger partial charge in [0.2, 0.25) is 0 Å². The summed E-state index contributed by atoms with van der Waals surface area (Å²) in [6, 6.07) is 16.7. The maximum absolute atomic E-state index is 13.6. The number of likely N-dealkylation sites (N-methyl/N-ethyl adjacent to an activating group) is 1. The van der Waals surface area contributed by atoms with Crippen LogP contribution in [0.15, 0.2) is 65.9 Å². The summed E-state index contributed by atoms with van der Waals surface area (Å²) in [6.45, 7) is 7.31. The summed E-state index contributed by atoms with van der Waals surface area (Å²) in [5.41, 5.74) is 4.09. The van der Waals surface area contributed by atoms with Crippen molar-refractivity contribution < 1.29 is 14.5 Å². The van der Waals surface area contributed by atoms with Gasteiger partial charge in [0.25, 0.3) is 5.69 Å². The molecule has 0 saturated carbocycles. The third-order valence-corrected chi connectivity index (χ3v) is 6.61. The Hall–Kier alpha value is -3.98. The number of nitrogens with one attached hydrogen (secondary N) is 1. The average molecular weight is 504 g/mol. The number of esters is 1. The SMILES string of the molecule is CC1=C(C(=O)OCCN(C)Cc2ccccc2)C(c2ccccc2[N+](=O)[O-])c2c(C(C)C)nn(C)c2N1. The molecule has 1 aliphatic rings. The van der Waals surface area contributed by atoms with Crippen LogP contribution in [-0.4, -0.2) is 45.8 Å². The van der Waals surface area contributed by atoms with E-state index < -0.39 is 16.8 Å². The van der Waals surface area contributed by atoms with E-state index in [-0.39, 0.29) is 18.2 Å². The summed E-state index contributed by atoms with van der Waals surface area (Å²) in [5.74, 6) is -0.406. The number of aromatic nitrogens is 2. The van der Waals surface area contributed by atoms with Crippen LogP contribution in [0, 0.1) is 10.1 Å².